The molecule has 0 bridgehead atoms. The molecule has 80 valence electrons. The molecule has 0 radical (unpaired) electrons. The summed E-state index contributed by atoms with van der Waals surface area (Å²) in [5, 5.41) is 12.2. The first-order chi connectivity index (χ1) is 6.45. The molecule has 0 aliphatic carbocycles. The van der Waals surface area contributed by atoms with Gasteiger partial charge in [-0.15, -0.1) is 5.10 Å². The lowest BCUT2D eigenvalue weighted by molar-refractivity contribution is 0.411. The second-order valence-electron chi connectivity index (χ2n) is 4.10. The van der Waals surface area contributed by atoms with Crippen molar-refractivity contribution in [2.45, 2.75) is 19.9 Å². The van der Waals surface area contributed by atoms with Gasteiger partial charge in [-0.1, -0.05) is 13.8 Å². The van der Waals surface area contributed by atoms with E-state index in [1.807, 2.05) is 26.0 Å². The SMILES string of the molecule is CC(C)C1NN=C(N(C)C)N(C)C1=N. The van der Waals surface area contributed by atoms with Crippen LogP contribution in [-0.4, -0.2) is 48.8 Å². The Hall–Kier alpha value is -1.26. The largest absolute Gasteiger partial charge is 0.347 e. The molecule has 1 atom stereocenters. The van der Waals surface area contributed by atoms with Gasteiger partial charge in [0.25, 0.3) is 0 Å². The Kier molecular flexibility index (Phi) is 2.98. The minimum Gasteiger partial charge on any atom is -0.347 e. The molecule has 0 aromatic carbocycles. The van der Waals surface area contributed by atoms with Crippen molar-refractivity contribution in [3.05, 3.63) is 0 Å². The van der Waals surface area contributed by atoms with E-state index in [4.69, 9.17) is 5.41 Å². The van der Waals surface area contributed by atoms with Crippen LogP contribution in [0.4, 0.5) is 0 Å². The topological polar surface area (TPSA) is 54.7 Å². The second kappa shape index (κ2) is 3.86. The zero-order valence-corrected chi connectivity index (χ0v) is 9.50. The second-order valence-corrected chi connectivity index (χ2v) is 4.10. The van der Waals surface area contributed by atoms with Crippen molar-refractivity contribution < 1.29 is 0 Å². The van der Waals surface area contributed by atoms with Crippen LogP contribution < -0.4 is 5.43 Å². The number of nitrogens with zero attached hydrogens (tertiary/aromatic N) is 3. The van der Waals surface area contributed by atoms with E-state index in [2.05, 4.69) is 24.4 Å². The van der Waals surface area contributed by atoms with Gasteiger partial charge in [-0.25, -0.2) is 0 Å². The molecule has 0 saturated heterocycles. The van der Waals surface area contributed by atoms with Crippen molar-refractivity contribution in [3.8, 4) is 0 Å². The Bertz CT molecular complexity index is 256. The third-order valence-electron chi connectivity index (χ3n) is 2.33. The summed E-state index contributed by atoms with van der Waals surface area (Å²) in [6.45, 7) is 4.16. The van der Waals surface area contributed by atoms with Crippen LogP contribution in [0.25, 0.3) is 0 Å². The molecule has 0 amide bonds. The summed E-state index contributed by atoms with van der Waals surface area (Å²) in [5.74, 6) is 1.71. The third-order valence-corrected chi connectivity index (χ3v) is 2.33. The van der Waals surface area contributed by atoms with E-state index in [0.29, 0.717) is 11.8 Å². The lowest BCUT2D eigenvalue weighted by Gasteiger charge is -2.36. The number of hydrazone groups is 1. The lowest BCUT2D eigenvalue weighted by atomic mass is 10.0. The first-order valence-electron chi connectivity index (χ1n) is 4.78. The van der Waals surface area contributed by atoms with Crippen molar-refractivity contribution in [1.82, 2.24) is 15.2 Å². The van der Waals surface area contributed by atoms with Crippen LogP contribution in [0.15, 0.2) is 5.10 Å². The molecular formula is C9H19N5. The van der Waals surface area contributed by atoms with Gasteiger partial charge in [0.2, 0.25) is 5.96 Å². The maximum absolute atomic E-state index is 7.96. The van der Waals surface area contributed by atoms with Crippen molar-refractivity contribution >= 4 is 11.8 Å². The first kappa shape index (κ1) is 10.8. The summed E-state index contributed by atoms with van der Waals surface area (Å²) in [5.41, 5.74) is 3.01. The van der Waals surface area contributed by atoms with E-state index in [9.17, 15) is 0 Å². The summed E-state index contributed by atoms with van der Waals surface area (Å²) in [7, 11) is 5.71. The number of amidine groups is 1. The highest BCUT2D eigenvalue weighted by atomic mass is 15.5. The van der Waals surface area contributed by atoms with E-state index < -0.39 is 0 Å². The van der Waals surface area contributed by atoms with Crippen molar-refractivity contribution in [2.75, 3.05) is 21.1 Å². The first-order valence-corrected chi connectivity index (χ1v) is 4.78. The van der Waals surface area contributed by atoms with Gasteiger partial charge in [-0.2, -0.15) is 0 Å². The summed E-state index contributed by atoms with van der Waals surface area (Å²) in [6.07, 6.45) is 0. The van der Waals surface area contributed by atoms with Gasteiger partial charge in [0.15, 0.2) is 0 Å². The molecule has 1 unspecified atom stereocenters. The Balaban J connectivity index is 2.86. The quantitative estimate of drug-likeness (QED) is 0.638. The molecule has 0 aromatic heterocycles. The molecule has 0 spiro atoms. The molecule has 0 aromatic rings. The van der Waals surface area contributed by atoms with Crippen LogP contribution >= 0.6 is 0 Å². The van der Waals surface area contributed by atoms with Crippen LogP contribution in [0.2, 0.25) is 0 Å². The van der Waals surface area contributed by atoms with Crippen molar-refractivity contribution in [3.63, 3.8) is 0 Å². The van der Waals surface area contributed by atoms with Crippen LogP contribution in [-0.2, 0) is 0 Å². The van der Waals surface area contributed by atoms with Gasteiger partial charge >= 0.3 is 0 Å². The van der Waals surface area contributed by atoms with Crippen LogP contribution in [0.3, 0.4) is 0 Å². The van der Waals surface area contributed by atoms with Crippen molar-refractivity contribution in [1.29, 1.82) is 5.41 Å². The normalized spacial score (nSPS) is 22.1. The molecule has 1 aliphatic rings. The molecule has 0 saturated carbocycles. The fourth-order valence-corrected chi connectivity index (χ4v) is 1.44. The van der Waals surface area contributed by atoms with Gasteiger partial charge < -0.3 is 9.80 Å². The smallest absolute Gasteiger partial charge is 0.223 e. The molecule has 2 N–H and O–H groups in total. The average molecular weight is 197 g/mol. The molecule has 5 nitrogen and oxygen atoms in total. The minimum atomic E-state index is 0.0173. The monoisotopic (exact) mass is 197 g/mol. The summed E-state index contributed by atoms with van der Waals surface area (Å²) in [6, 6.07) is 0.0173. The molecule has 1 aliphatic heterocycles. The van der Waals surface area contributed by atoms with Gasteiger partial charge in [0.1, 0.15) is 11.9 Å². The average Bonchev–Trinajstić information content (AvgIpc) is 2.08. The highest BCUT2D eigenvalue weighted by Gasteiger charge is 2.28. The Morgan fingerprint density at radius 1 is 1.50 bits per heavy atom. The van der Waals surface area contributed by atoms with Gasteiger partial charge in [0.05, 0.1) is 0 Å². The van der Waals surface area contributed by atoms with E-state index in [0.717, 1.165) is 5.96 Å². The van der Waals surface area contributed by atoms with Crippen LogP contribution in [0.1, 0.15) is 13.8 Å². The van der Waals surface area contributed by atoms with E-state index >= 15 is 0 Å². The Morgan fingerprint density at radius 3 is 2.50 bits per heavy atom. The van der Waals surface area contributed by atoms with Gasteiger partial charge in [-0.05, 0) is 5.92 Å². The molecule has 0 fully saturated rings. The number of likely N-dealkylation sites (N-methyl/N-ethyl adjacent to an activating group) is 1. The predicted octanol–water partition coefficient (Wildman–Crippen LogP) is 0.356. The number of hydrogen-bond donors (Lipinski definition) is 2. The standard InChI is InChI=1S/C9H19N5/c1-6(2)7-8(10)14(5)9(12-11-7)13(3)4/h6-7,10-11H,1-5H3. The third kappa shape index (κ3) is 1.81. The number of hydrogen-bond acceptors (Lipinski definition) is 4. The summed E-state index contributed by atoms with van der Waals surface area (Å²) in [4.78, 5) is 3.69. The van der Waals surface area contributed by atoms with Gasteiger partial charge in [-0.3, -0.25) is 10.8 Å². The molecule has 14 heavy (non-hydrogen) atoms. The number of guanidine groups is 1. The van der Waals surface area contributed by atoms with E-state index in [1.54, 1.807) is 4.90 Å². The molecular weight excluding hydrogens is 178 g/mol. The number of rotatable bonds is 1. The zero-order valence-electron chi connectivity index (χ0n) is 9.50. The zero-order chi connectivity index (χ0) is 10.9. The predicted molar refractivity (Wildman–Crippen MR) is 58.4 cm³/mol. The highest BCUT2D eigenvalue weighted by Crippen LogP contribution is 2.10. The molecule has 1 heterocycles. The van der Waals surface area contributed by atoms with Gasteiger partial charge in [0, 0.05) is 21.1 Å². The fourth-order valence-electron chi connectivity index (χ4n) is 1.44. The molecule has 1 rings (SSSR count). The van der Waals surface area contributed by atoms with E-state index in [1.165, 1.54) is 0 Å². The Morgan fingerprint density at radius 2 is 2.07 bits per heavy atom. The highest BCUT2D eigenvalue weighted by molar-refractivity contribution is 6.01. The van der Waals surface area contributed by atoms with Crippen LogP contribution in [0, 0.1) is 11.3 Å². The maximum atomic E-state index is 7.96. The maximum Gasteiger partial charge on any atom is 0.223 e. The summed E-state index contributed by atoms with van der Waals surface area (Å²) < 4.78 is 0. The summed E-state index contributed by atoms with van der Waals surface area (Å²) >= 11 is 0. The number of nitrogens with one attached hydrogen (secondary N) is 2. The van der Waals surface area contributed by atoms with Crippen LogP contribution in [0.5, 0.6) is 0 Å². The minimum absolute atomic E-state index is 0.0173. The lowest BCUT2D eigenvalue weighted by Crippen LogP contribution is -2.56. The van der Waals surface area contributed by atoms with Crippen molar-refractivity contribution in [2.24, 2.45) is 11.0 Å². The van der Waals surface area contributed by atoms with E-state index in [-0.39, 0.29) is 6.04 Å². The molecule has 5 heteroatoms. The Labute approximate surface area is 85.3 Å². The fraction of sp³-hybridized carbons (Fsp3) is 0.778.